The Hall–Kier alpha value is -2.56. The number of amides is 1. The van der Waals surface area contributed by atoms with E-state index >= 15 is 0 Å². The molecule has 1 unspecified atom stereocenters. The molecule has 1 atom stereocenters. The summed E-state index contributed by atoms with van der Waals surface area (Å²) in [6.45, 7) is 7.33. The van der Waals surface area contributed by atoms with Gasteiger partial charge in [0.05, 0.1) is 0 Å². The van der Waals surface area contributed by atoms with Crippen LogP contribution in [0, 0.1) is 27.7 Å². The van der Waals surface area contributed by atoms with E-state index in [9.17, 15) is 14.7 Å². The smallest absolute Gasteiger partial charge is 0.330 e. The van der Waals surface area contributed by atoms with Gasteiger partial charge in [0.25, 0.3) is 5.91 Å². The van der Waals surface area contributed by atoms with Crippen molar-refractivity contribution in [2.45, 2.75) is 33.7 Å². The molecule has 2 N–H and O–H groups in total. The number of rotatable bonds is 4. The topological polar surface area (TPSA) is 79.5 Å². The lowest BCUT2D eigenvalue weighted by Gasteiger charge is -2.15. The summed E-state index contributed by atoms with van der Waals surface area (Å²) in [6.07, 6.45) is 0. The van der Waals surface area contributed by atoms with Gasteiger partial charge in [0, 0.05) is 5.56 Å². The van der Waals surface area contributed by atoms with Gasteiger partial charge in [-0.25, -0.2) is 4.79 Å². The van der Waals surface area contributed by atoms with Crippen molar-refractivity contribution in [2.75, 3.05) is 0 Å². The van der Waals surface area contributed by atoms with E-state index < -0.39 is 17.9 Å². The molecule has 0 aliphatic heterocycles. The van der Waals surface area contributed by atoms with Gasteiger partial charge in [-0.05, 0) is 50.5 Å². The number of nitrogens with one attached hydrogen (secondary N) is 1. The SMILES string of the molecule is Cc1cc(C)c(C(=O)NC(C(=O)O)c2ccc(C)c(C)c2)o1. The fourth-order valence-corrected chi connectivity index (χ4v) is 2.30. The number of furan rings is 1. The maximum atomic E-state index is 12.3. The van der Waals surface area contributed by atoms with Crippen LogP contribution >= 0.6 is 0 Å². The third-order valence-electron chi connectivity index (χ3n) is 3.63. The summed E-state index contributed by atoms with van der Waals surface area (Å²) >= 11 is 0. The van der Waals surface area contributed by atoms with E-state index in [1.807, 2.05) is 19.9 Å². The van der Waals surface area contributed by atoms with Crippen molar-refractivity contribution < 1.29 is 19.1 Å². The maximum absolute atomic E-state index is 12.3. The Morgan fingerprint density at radius 1 is 1.05 bits per heavy atom. The second-order valence-corrected chi connectivity index (χ2v) is 5.46. The van der Waals surface area contributed by atoms with Crippen LogP contribution in [0.1, 0.15) is 44.6 Å². The molecule has 0 saturated carbocycles. The Morgan fingerprint density at radius 3 is 2.23 bits per heavy atom. The van der Waals surface area contributed by atoms with Gasteiger partial charge in [0.1, 0.15) is 5.76 Å². The van der Waals surface area contributed by atoms with E-state index in [0.717, 1.165) is 11.1 Å². The van der Waals surface area contributed by atoms with Crippen LogP contribution in [0.4, 0.5) is 0 Å². The summed E-state index contributed by atoms with van der Waals surface area (Å²) in [4.78, 5) is 23.8. The first kappa shape index (κ1) is 15.8. The minimum atomic E-state index is -1.11. The quantitative estimate of drug-likeness (QED) is 0.909. The number of carboxylic acids is 1. The number of aryl methyl sites for hydroxylation is 4. The summed E-state index contributed by atoms with van der Waals surface area (Å²) in [5.41, 5.74) is 3.25. The Bertz CT molecular complexity index is 730. The molecule has 1 aromatic heterocycles. The lowest BCUT2D eigenvalue weighted by atomic mass is 10.0. The highest BCUT2D eigenvalue weighted by Crippen LogP contribution is 2.20. The predicted molar refractivity (Wildman–Crippen MR) is 81.9 cm³/mol. The standard InChI is InChI=1S/C17H19NO4/c1-9-5-6-13(8-10(9)2)14(17(20)21)18-16(19)15-11(3)7-12(4)22-15/h5-8,14H,1-4H3,(H,18,19)(H,20,21). The molecule has 1 aromatic carbocycles. The molecular formula is C17H19NO4. The zero-order valence-electron chi connectivity index (χ0n) is 13.1. The van der Waals surface area contributed by atoms with Crippen LogP contribution in [0.2, 0.25) is 0 Å². The molecule has 0 aliphatic carbocycles. The van der Waals surface area contributed by atoms with Crippen LogP contribution in [0.5, 0.6) is 0 Å². The van der Waals surface area contributed by atoms with Crippen molar-refractivity contribution in [1.29, 1.82) is 0 Å². The van der Waals surface area contributed by atoms with E-state index in [1.54, 1.807) is 32.0 Å². The first-order valence-electron chi connectivity index (χ1n) is 6.97. The second-order valence-electron chi connectivity index (χ2n) is 5.46. The number of aliphatic carboxylic acids is 1. The van der Waals surface area contributed by atoms with E-state index in [0.29, 0.717) is 16.9 Å². The van der Waals surface area contributed by atoms with Crippen molar-refractivity contribution in [3.8, 4) is 0 Å². The lowest BCUT2D eigenvalue weighted by Crippen LogP contribution is -2.34. The fraction of sp³-hybridized carbons (Fsp3) is 0.294. The molecular weight excluding hydrogens is 282 g/mol. The molecule has 5 heteroatoms. The number of hydrogen-bond donors (Lipinski definition) is 2. The molecule has 0 aliphatic rings. The molecule has 116 valence electrons. The van der Waals surface area contributed by atoms with Gasteiger partial charge < -0.3 is 14.8 Å². The van der Waals surface area contributed by atoms with Gasteiger partial charge in [-0.3, -0.25) is 4.79 Å². The Morgan fingerprint density at radius 2 is 1.73 bits per heavy atom. The number of hydrogen-bond acceptors (Lipinski definition) is 3. The molecule has 1 heterocycles. The van der Waals surface area contributed by atoms with Gasteiger partial charge in [-0.15, -0.1) is 0 Å². The minimum Gasteiger partial charge on any atom is -0.479 e. The van der Waals surface area contributed by atoms with Gasteiger partial charge in [-0.1, -0.05) is 18.2 Å². The monoisotopic (exact) mass is 301 g/mol. The minimum absolute atomic E-state index is 0.146. The summed E-state index contributed by atoms with van der Waals surface area (Å²) < 4.78 is 5.33. The lowest BCUT2D eigenvalue weighted by molar-refractivity contribution is -0.139. The molecule has 0 radical (unpaired) electrons. The number of benzene rings is 1. The van der Waals surface area contributed by atoms with E-state index in [1.165, 1.54) is 0 Å². The Kier molecular flexibility index (Phi) is 4.35. The molecule has 22 heavy (non-hydrogen) atoms. The Balaban J connectivity index is 2.29. The molecule has 0 bridgehead atoms. The van der Waals surface area contributed by atoms with Gasteiger partial charge in [0.2, 0.25) is 0 Å². The van der Waals surface area contributed by atoms with Crippen LogP contribution in [0.15, 0.2) is 28.7 Å². The van der Waals surface area contributed by atoms with E-state index in [-0.39, 0.29) is 5.76 Å². The summed E-state index contributed by atoms with van der Waals surface area (Å²) in [6, 6.07) is 5.95. The molecule has 2 rings (SSSR count). The third-order valence-corrected chi connectivity index (χ3v) is 3.63. The number of carbonyl (C=O) groups excluding carboxylic acids is 1. The highest BCUT2D eigenvalue weighted by molar-refractivity contribution is 5.95. The van der Waals surface area contributed by atoms with Gasteiger partial charge in [0.15, 0.2) is 11.8 Å². The first-order chi connectivity index (χ1) is 10.3. The molecule has 1 amide bonds. The normalized spacial score (nSPS) is 12.0. The largest absolute Gasteiger partial charge is 0.479 e. The number of carbonyl (C=O) groups is 2. The van der Waals surface area contributed by atoms with Crippen molar-refractivity contribution >= 4 is 11.9 Å². The summed E-state index contributed by atoms with van der Waals surface area (Å²) in [5, 5.41) is 11.9. The highest BCUT2D eigenvalue weighted by atomic mass is 16.4. The third kappa shape index (κ3) is 3.19. The molecule has 5 nitrogen and oxygen atoms in total. The predicted octanol–water partition coefficient (Wildman–Crippen LogP) is 3.07. The molecule has 0 spiro atoms. The van der Waals surface area contributed by atoms with Gasteiger partial charge >= 0.3 is 5.97 Å². The first-order valence-corrected chi connectivity index (χ1v) is 6.97. The van der Waals surface area contributed by atoms with Crippen LogP contribution in [0.25, 0.3) is 0 Å². The van der Waals surface area contributed by atoms with Crippen LogP contribution < -0.4 is 5.32 Å². The van der Waals surface area contributed by atoms with Crippen molar-refractivity contribution in [2.24, 2.45) is 0 Å². The zero-order valence-corrected chi connectivity index (χ0v) is 13.1. The van der Waals surface area contributed by atoms with Crippen LogP contribution in [-0.4, -0.2) is 17.0 Å². The summed E-state index contributed by atoms with van der Waals surface area (Å²) in [5.74, 6) is -0.887. The average Bonchev–Trinajstić information content (AvgIpc) is 2.78. The zero-order chi connectivity index (χ0) is 16.4. The highest BCUT2D eigenvalue weighted by Gasteiger charge is 2.25. The van der Waals surface area contributed by atoms with E-state index in [2.05, 4.69) is 5.32 Å². The van der Waals surface area contributed by atoms with E-state index in [4.69, 9.17) is 4.42 Å². The molecule has 2 aromatic rings. The van der Waals surface area contributed by atoms with Crippen molar-refractivity contribution in [3.63, 3.8) is 0 Å². The fourth-order valence-electron chi connectivity index (χ4n) is 2.30. The second kappa shape index (κ2) is 6.05. The number of carboxylic acid groups (broad SMARTS) is 1. The Labute approximate surface area is 129 Å². The van der Waals surface area contributed by atoms with Crippen LogP contribution in [0.3, 0.4) is 0 Å². The van der Waals surface area contributed by atoms with Crippen LogP contribution in [-0.2, 0) is 4.79 Å². The van der Waals surface area contributed by atoms with Gasteiger partial charge in [-0.2, -0.15) is 0 Å². The molecule has 0 saturated heterocycles. The van der Waals surface area contributed by atoms with Crippen molar-refractivity contribution in [3.05, 3.63) is 58.0 Å². The van der Waals surface area contributed by atoms with Crippen molar-refractivity contribution in [1.82, 2.24) is 5.32 Å². The maximum Gasteiger partial charge on any atom is 0.330 e. The summed E-state index contributed by atoms with van der Waals surface area (Å²) in [7, 11) is 0. The molecule has 0 fully saturated rings. The average molecular weight is 301 g/mol.